The second-order valence-electron chi connectivity index (χ2n) is 3.63. The third-order valence-corrected chi connectivity index (χ3v) is 3.03. The number of furan rings is 1. The molecule has 0 saturated carbocycles. The normalized spacial score (nSPS) is 11.6. The van der Waals surface area contributed by atoms with Crippen molar-refractivity contribution < 1.29 is 26.8 Å². The van der Waals surface area contributed by atoms with Gasteiger partial charge in [-0.2, -0.15) is 13.2 Å². The molecule has 0 N–H and O–H groups in total. The molecular formula is C12H5BrF4O2. The predicted octanol–water partition coefficient (Wildman–Crippen LogP) is 4.68. The van der Waals surface area contributed by atoms with Crippen LogP contribution in [0.4, 0.5) is 17.6 Å². The number of hydrogen-bond acceptors (Lipinski definition) is 2. The summed E-state index contributed by atoms with van der Waals surface area (Å²) in [6.07, 6.45) is -4.38. The van der Waals surface area contributed by atoms with Gasteiger partial charge in [0, 0.05) is 10.0 Å². The van der Waals surface area contributed by atoms with Crippen LogP contribution < -0.4 is 0 Å². The monoisotopic (exact) mass is 336 g/mol. The third-order valence-electron chi connectivity index (χ3n) is 2.37. The zero-order valence-electron chi connectivity index (χ0n) is 9.09. The lowest BCUT2D eigenvalue weighted by molar-refractivity contribution is -0.139. The summed E-state index contributed by atoms with van der Waals surface area (Å²) in [5.74, 6) is -1.37. The van der Waals surface area contributed by atoms with Gasteiger partial charge in [0.25, 0.3) is 0 Å². The summed E-state index contributed by atoms with van der Waals surface area (Å²) < 4.78 is 56.2. The van der Waals surface area contributed by atoms with E-state index in [1.165, 1.54) is 12.1 Å². The van der Waals surface area contributed by atoms with Crippen molar-refractivity contribution in [3.05, 3.63) is 45.9 Å². The average molecular weight is 337 g/mol. The lowest BCUT2D eigenvalue weighted by Crippen LogP contribution is -2.08. The van der Waals surface area contributed by atoms with Crippen LogP contribution >= 0.6 is 15.9 Å². The van der Waals surface area contributed by atoms with E-state index in [9.17, 15) is 22.4 Å². The molecule has 2 aromatic rings. The molecule has 0 bridgehead atoms. The molecule has 100 valence electrons. The van der Waals surface area contributed by atoms with Crippen LogP contribution in [0.5, 0.6) is 0 Å². The quantitative estimate of drug-likeness (QED) is 0.588. The van der Waals surface area contributed by atoms with Crippen LogP contribution in [0, 0.1) is 5.82 Å². The van der Waals surface area contributed by atoms with Gasteiger partial charge in [-0.1, -0.05) is 0 Å². The highest BCUT2D eigenvalue weighted by molar-refractivity contribution is 9.10. The maximum Gasteiger partial charge on any atom is 0.419 e. The fourth-order valence-corrected chi connectivity index (χ4v) is 2.03. The fourth-order valence-electron chi connectivity index (χ4n) is 1.52. The first-order chi connectivity index (χ1) is 8.82. The van der Waals surface area contributed by atoms with Gasteiger partial charge in [0.1, 0.15) is 11.6 Å². The molecule has 2 nitrogen and oxygen atoms in total. The van der Waals surface area contributed by atoms with Crippen molar-refractivity contribution >= 4 is 22.2 Å². The van der Waals surface area contributed by atoms with Crippen LogP contribution in [-0.4, -0.2) is 6.29 Å². The minimum absolute atomic E-state index is 0.0156. The first-order valence-corrected chi connectivity index (χ1v) is 5.74. The smallest absolute Gasteiger partial charge is 0.419 e. The Hall–Kier alpha value is -1.63. The number of benzene rings is 1. The Morgan fingerprint density at radius 2 is 1.89 bits per heavy atom. The molecule has 0 aliphatic heterocycles. The standard InChI is InChI=1S/C12H5BrF4O2/c13-9-4-10(14)8(12(15,16)17)3-7(9)11-2-1-6(5-18)19-11/h1-5H. The maximum absolute atomic E-state index is 13.3. The zero-order valence-corrected chi connectivity index (χ0v) is 10.7. The number of alkyl halides is 3. The Labute approximate surface area is 113 Å². The van der Waals surface area contributed by atoms with Crippen LogP contribution in [0.3, 0.4) is 0 Å². The van der Waals surface area contributed by atoms with Crippen LogP contribution in [0.15, 0.2) is 33.2 Å². The summed E-state index contributed by atoms with van der Waals surface area (Å²) in [4.78, 5) is 10.5. The number of carbonyl (C=O) groups excluding carboxylic acids is 1. The van der Waals surface area contributed by atoms with E-state index in [4.69, 9.17) is 4.42 Å². The van der Waals surface area contributed by atoms with Gasteiger partial charge in [0.05, 0.1) is 5.56 Å². The van der Waals surface area contributed by atoms with E-state index >= 15 is 0 Å². The Morgan fingerprint density at radius 1 is 1.21 bits per heavy atom. The van der Waals surface area contributed by atoms with Gasteiger partial charge >= 0.3 is 6.18 Å². The molecule has 0 saturated heterocycles. The third kappa shape index (κ3) is 2.70. The van der Waals surface area contributed by atoms with Crippen molar-refractivity contribution in [3.8, 4) is 11.3 Å². The van der Waals surface area contributed by atoms with E-state index in [0.717, 1.165) is 0 Å². The minimum atomic E-state index is -4.81. The summed E-state index contributed by atoms with van der Waals surface area (Å²) in [6, 6.07) is 3.99. The van der Waals surface area contributed by atoms with Crippen LogP contribution in [-0.2, 0) is 6.18 Å². The van der Waals surface area contributed by atoms with E-state index in [1.807, 2.05) is 0 Å². The number of rotatable bonds is 2. The molecule has 7 heteroatoms. The molecule has 1 heterocycles. The molecule has 0 aliphatic rings. The number of halogens is 5. The average Bonchev–Trinajstić information content (AvgIpc) is 2.75. The van der Waals surface area contributed by atoms with Gasteiger partial charge in [-0.05, 0) is 40.2 Å². The maximum atomic E-state index is 13.3. The van der Waals surface area contributed by atoms with Crippen molar-refractivity contribution in [1.82, 2.24) is 0 Å². The van der Waals surface area contributed by atoms with Gasteiger partial charge in [-0.3, -0.25) is 4.79 Å². The zero-order chi connectivity index (χ0) is 14.2. The lowest BCUT2D eigenvalue weighted by Gasteiger charge is -2.10. The molecule has 2 rings (SSSR count). The Kier molecular flexibility index (Phi) is 3.49. The molecular weight excluding hydrogens is 332 g/mol. The van der Waals surface area contributed by atoms with Gasteiger partial charge in [-0.25, -0.2) is 4.39 Å². The van der Waals surface area contributed by atoms with Crippen LogP contribution in [0.2, 0.25) is 0 Å². The van der Waals surface area contributed by atoms with E-state index < -0.39 is 17.6 Å². The lowest BCUT2D eigenvalue weighted by atomic mass is 10.1. The minimum Gasteiger partial charge on any atom is -0.453 e. The van der Waals surface area contributed by atoms with Gasteiger partial charge in [0.15, 0.2) is 12.0 Å². The highest BCUT2D eigenvalue weighted by atomic mass is 79.9. The highest BCUT2D eigenvalue weighted by Gasteiger charge is 2.35. The molecule has 0 amide bonds. The largest absolute Gasteiger partial charge is 0.453 e. The van der Waals surface area contributed by atoms with Crippen molar-refractivity contribution in [2.75, 3.05) is 0 Å². The molecule has 0 fully saturated rings. The highest BCUT2D eigenvalue weighted by Crippen LogP contribution is 2.38. The number of aldehydes is 1. The predicted molar refractivity (Wildman–Crippen MR) is 62.2 cm³/mol. The summed E-state index contributed by atoms with van der Waals surface area (Å²) >= 11 is 2.96. The van der Waals surface area contributed by atoms with Gasteiger partial charge in [0.2, 0.25) is 0 Å². The topological polar surface area (TPSA) is 30.2 Å². The summed E-state index contributed by atoms with van der Waals surface area (Å²) in [6.45, 7) is 0. The second kappa shape index (κ2) is 4.80. The van der Waals surface area contributed by atoms with Crippen molar-refractivity contribution in [2.24, 2.45) is 0 Å². The summed E-state index contributed by atoms with van der Waals surface area (Å²) in [5, 5.41) is 0. The van der Waals surface area contributed by atoms with Crippen molar-refractivity contribution in [3.63, 3.8) is 0 Å². The van der Waals surface area contributed by atoms with E-state index in [0.29, 0.717) is 18.4 Å². The molecule has 0 unspecified atom stereocenters. The molecule has 0 spiro atoms. The Morgan fingerprint density at radius 3 is 2.42 bits per heavy atom. The van der Waals surface area contributed by atoms with E-state index in [1.54, 1.807) is 0 Å². The Balaban J connectivity index is 2.60. The van der Waals surface area contributed by atoms with Gasteiger partial charge < -0.3 is 4.42 Å². The van der Waals surface area contributed by atoms with E-state index in [2.05, 4.69) is 15.9 Å². The molecule has 19 heavy (non-hydrogen) atoms. The fraction of sp³-hybridized carbons (Fsp3) is 0.0833. The van der Waals surface area contributed by atoms with E-state index in [-0.39, 0.29) is 21.6 Å². The molecule has 1 aromatic carbocycles. The van der Waals surface area contributed by atoms with Crippen LogP contribution in [0.25, 0.3) is 11.3 Å². The molecule has 0 aliphatic carbocycles. The van der Waals surface area contributed by atoms with Crippen LogP contribution in [0.1, 0.15) is 16.1 Å². The Bertz CT molecular complexity index is 631. The molecule has 0 radical (unpaired) electrons. The number of carbonyl (C=O) groups is 1. The molecule has 1 aromatic heterocycles. The SMILES string of the molecule is O=Cc1ccc(-c2cc(C(F)(F)F)c(F)cc2Br)o1. The molecule has 0 atom stereocenters. The van der Waals surface area contributed by atoms with Crippen molar-refractivity contribution in [1.29, 1.82) is 0 Å². The van der Waals surface area contributed by atoms with Crippen molar-refractivity contribution in [2.45, 2.75) is 6.18 Å². The summed E-state index contributed by atoms with van der Waals surface area (Å²) in [7, 11) is 0. The summed E-state index contributed by atoms with van der Waals surface area (Å²) in [5.41, 5.74) is -1.38. The van der Waals surface area contributed by atoms with Gasteiger partial charge in [-0.15, -0.1) is 0 Å². The first-order valence-electron chi connectivity index (χ1n) is 4.94. The second-order valence-corrected chi connectivity index (χ2v) is 4.48. The number of hydrogen-bond donors (Lipinski definition) is 0. The first kappa shape index (κ1) is 13.8.